The molecule has 0 amide bonds. The van der Waals surface area contributed by atoms with E-state index in [0.29, 0.717) is 38.5 Å². The van der Waals surface area contributed by atoms with Crippen molar-refractivity contribution < 1.29 is 80.2 Å². The summed E-state index contributed by atoms with van der Waals surface area (Å²) in [5.41, 5.74) is 0. The van der Waals surface area contributed by atoms with Crippen molar-refractivity contribution in [2.45, 2.75) is 290 Å². The smallest absolute Gasteiger partial charge is 0.462 e. The summed E-state index contributed by atoms with van der Waals surface area (Å²) in [4.78, 5) is 72.8. The number of aliphatic hydroxyl groups excluding tert-OH is 1. The molecule has 0 saturated heterocycles. The van der Waals surface area contributed by atoms with E-state index in [1.807, 2.05) is 24.3 Å². The van der Waals surface area contributed by atoms with Crippen molar-refractivity contribution in [3.63, 3.8) is 0 Å². The van der Waals surface area contributed by atoms with Crippen molar-refractivity contribution in [3.05, 3.63) is 158 Å². The predicted octanol–water partition coefficient (Wildman–Crippen LogP) is 21.7. The molecule has 568 valence electrons. The number of allylic oxidation sites excluding steroid dienone is 26. The van der Waals surface area contributed by atoms with E-state index in [1.165, 1.54) is 25.7 Å². The lowest BCUT2D eigenvalue weighted by Crippen LogP contribution is -2.30. The lowest BCUT2D eigenvalue weighted by molar-refractivity contribution is -0.161. The number of hydrogen-bond acceptors (Lipinski definition) is 15. The number of esters is 4. The summed E-state index contributed by atoms with van der Waals surface area (Å²) < 4.78 is 68.3. The second-order valence-electron chi connectivity index (χ2n) is 24.5. The van der Waals surface area contributed by atoms with E-state index in [0.717, 1.165) is 154 Å². The van der Waals surface area contributed by atoms with Gasteiger partial charge in [-0.25, -0.2) is 9.13 Å². The van der Waals surface area contributed by atoms with Gasteiger partial charge in [-0.05, 0) is 154 Å². The van der Waals surface area contributed by atoms with Crippen molar-refractivity contribution in [1.29, 1.82) is 0 Å². The highest BCUT2D eigenvalue weighted by molar-refractivity contribution is 7.47. The van der Waals surface area contributed by atoms with Gasteiger partial charge in [0.05, 0.1) is 26.4 Å². The maximum absolute atomic E-state index is 13.1. The molecule has 0 saturated carbocycles. The standard InChI is InChI=1S/C81H132O17P2/c1-5-9-13-17-21-25-29-33-35-37-39-43-46-50-54-58-62-66-79(84)92-72-77(98-81(86)68-64-60-56-52-48-44-40-38-36-34-30-26-22-18-14-10-6-2)74-96-100(89,90)94-70-75(82)69-93-99(87,88)95-73-76(97-80(85)67-63-59-55-51-47-42-32-28-24-20-16-12-8-4)71-91-78(83)65-61-57-53-49-45-41-31-27-23-19-15-11-7-3/h9-10,13-15,19,21-22,25-28,31-36,39-40,43-44,50,52,54,56,75-77,82H,5-8,11-12,16-18,20,23-24,29-30,37-38,41-42,45-49,51,53,55,57-74H2,1-4H3,(H,87,88)(H,89,90)/b13-9-,14-10-,19-15-,25-21-,26-22-,31-27-,32-28-,35-33-,36-34-,43-39-,44-40-,54-50-,56-52-. The highest BCUT2D eigenvalue weighted by Crippen LogP contribution is 2.45. The van der Waals surface area contributed by atoms with Crippen LogP contribution in [0.3, 0.4) is 0 Å². The number of ether oxygens (including phenoxy) is 4. The van der Waals surface area contributed by atoms with Crippen LogP contribution in [-0.2, 0) is 65.4 Å². The highest BCUT2D eigenvalue weighted by atomic mass is 31.2. The van der Waals surface area contributed by atoms with Gasteiger partial charge in [0.25, 0.3) is 0 Å². The van der Waals surface area contributed by atoms with Crippen LogP contribution in [0.1, 0.15) is 272 Å². The van der Waals surface area contributed by atoms with Gasteiger partial charge in [0.2, 0.25) is 0 Å². The molecule has 0 aromatic rings. The van der Waals surface area contributed by atoms with Crippen LogP contribution < -0.4 is 0 Å². The summed E-state index contributed by atoms with van der Waals surface area (Å²) in [6, 6.07) is 0. The van der Waals surface area contributed by atoms with Gasteiger partial charge in [0.1, 0.15) is 19.3 Å². The summed E-state index contributed by atoms with van der Waals surface area (Å²) >= 11 is 0. The Bertz CT molecular complexity index is 2520. The first kappa shape index (κ1) is 94.7. The Kier molecular flexibility index (Phi) is 68.2. The molecule has 100 heavy (non-hydrogen) atoms. The molecule has 0 aromatic heterocycles. The van der Waals surface area contributed by atoms with E-state index in [9.17, 15) is 43.2 Å². The van der Waals surface area contributed by atoms with Crippen LogP contribution in [0.4, 0.5) is 0 Å². The summed E-state index contributed by atoms with van der Waals surface area (Å²) in [5, 5.41) is 10.6. The van der Waals surface area contributed by atoms with Gasteiger partial charge in [0, 0.05) is 25.7 Å². The Morgan fingerprint density at radius 1 is 0.290 bits per heavy atom. The second kappa shape index (κ2) is 72.0. The zero-order chi connectivity index (χ0) is 73.2. The van der Waals surface area contributed by atoms with Crippen LogP contribution in [0.25, 0.3) is 0 Å². The molecular formula is C81H132O17P2. The second-order valence-corrected chi connectivity index (χ2v) is 27.4. The van der Waals surface area contributed by atoms with Gasteiger partial charge in [0.15, 0.2) is 12.2 Å². The van der Waals surface area contributed by atoms with Gasteiger partial charge < -0.3 is 33.8 Å². The van der Waals surface area contributed by atoms with Crippen LogP contribution in [0.15, 0.2) is 158 Å². The van der Waals surface area contributed by atoms with Gasteiger partial charge in [-0.2, -0.15) is 0 Å². The average molecular weight is 1440 g/mol. The number of aliphatic hydroxyl groups is 1. The molecule has 5 atom stereocenters. The third kappa shape index (κ3) is 71.1. The monoisotopic (exact) mass is 1440 g/mol. The van der Waals surface area contributed by atoms with Crippen molar-refractivity contribution >= 4 is 39.5 Å². The maximum Gasteiger partial charge on any atom is 0.472 e. The molecule has 0 aromatic carbocycles. The maximum atomic E-state index is 13.1. The number of hydrogen-bond donors (Lipinski definition) is 3. The molecule has 19 heteroatoms. The first-order valence-electron chi connectivity index (χ1n) is 37.7. The molecule has 0 aliphatic carbocycles. The zero-order valence-electron chi connectivity index (χ0n) is 61.8. The molecule has 3 N–H and O–H groups in total. The highest BCUT2D eigenvalue weighted by Gasteiger charge is 2.30. The van der Waals surface area contributed by atoms with Crippen LogP contribution in [0.2, 0.25) is 0 Å². The Hall–Kier alpha value is -5.32. The molecule has 0 fully saturated rings. The SMILES string of the molecule is CC/C=C\C/C=C\C/C=C\C/C=C\C/C=C\CCCC(=O)OCC(COP(=O)(O)OCC(O)COP(=O)(O)OCC(COC(=O)CCCCCCC/C=C\C/C=C\CCC)OC(=O)CCCCCCC/C=C\CCCCCC)OC(=O)CCC/C=C\C/C=C\C/C=C\C/C=C\C/C=C\CC. The lowest BCUT2D eigenvalue weighted by Gasteiger charge is -2.21. The molecule has 0 aliphatic heterocycles. The Labute approximate surface area is 604 Å². The molecule has 17 nitrogen and oxygen atoms in total. The molecule has 0 aliphatic rings. The molecule has 0 bridgehead atoms. The van der Waals surface area contributed by atoms with Crippen LogP contribution in [0, 0.1) is 0 Å². The average Bonchev–Trinajstić information content (AvgIpc) is 1.15. The molecule has 0 radical (unpaired) electrons. The number of unbranched alkanes of at least 4 members (excludes halogenated alkanes) is 17. The van der Waals surface area contributed by atoms with E-state index >= 15 is 0 Å². The van der Waals surface area contributed by atoms with Gasteiger partial charge in [-0.3, -0.25) is 37.3 Å². The Morgan fingerprint density at radius 2 is 0.550 bits per heavy atom. The molecular weight excluding hydrogens is 1310 g/mol. The first-order valence-corrected chi connectivity index (χ1v) is 40.7. The fourth-order valence-electron chi connectivity index (χ4n) is 9.26. The van der Waals surface area contributed by atoms with E-state index in [1.54, 1.807) is 0 Å². The van der Waals surface area contributed by atoms with Crippen LogP contribution >= 0.6 is 15.6 Å². The largest absolute Gasteiger partial charge is 0.472 e. The Balaban J connectivity index is 5.49. The molecule has 0 heterocycles. The van der Waals surface area contributed by atoms with E-state index in [-0.39, 0.29) is 25.7 Å². The van der Waals surface area contributed by atoms with E-state index < -0.39 is 97.5 Å². The van der Waals surface area contributed by atoms with Crippen LogP contribution in [-0.4, -0.2) is 96.7 Å². The van der Waals surface area contributed by atoms with E-state index in [2.05, 4.69) is 161 Å². The normalized spacial score (nSPS) is 14.8. The molecule has 0 spiro atoms. The van der Waals surface area contributed by atoms with Gasteiger partial charge >= 0.3 is 39.5 Å². The minimum atomic E-state index is -5.01. The zero-order valence-corrected chi connectivity index (χ0v) is 63.6. The number of rotatable bonds is 69. The number of phosphoric acid groups is 2. The van der Waals surface area contributed by atoms with Crippen molar-refractivity contribution in [3.8, 4) is 0 Å². The minimum Gasteiger partial charge on any atom is -0.462 e. The fourth-order valence-corrected chi connectivity index (χ4v) is 10.8. The van der Waals surface area contributed by atoms with Crippen LogP contribution in [0.5, 0.6) is 0 Å². The summed E-state index contributed by atoms with van der Waals surface area (Å²) in [5.74, 6) is -2.35. The van der Waals surface area contributed by atoms with Crippen molar-refractivity contribution in [2.24, 2.45) is 0 Å². The van der Waals surface area contributed by atoms with Crippen molar-refractivity contribution in [1.82, 2.24) is 0 Å². The number of phosphoric ester groups is 2. The predicted molar refractivity (Wildman–Crippen MR) is 408 cm³/mol. The third-order valence-corrected chi connectivity index (χ3v) is 16.8. The summed E-state index contributed by atoms with van der Waals surface area (Å²) in [6.45, 7) is 4.38. The van der Waals surface area contributed by atoms with Gasteiger partial charge in [-0.15, -0.1) is 0 Å². The fraction of sp³-hybridized carbons (Fsp3) is 0.630. The summed E-state index contributed by atoms with van der Waals surface area (Å²) in [6.07, 6.45) is 82.5. The topological polar surface area (TPSA) is 237 Å². The first-order chi connectivity index (χ1) is 48.7. The number of carbonyl (C=O) groups excluding carboxylic acids is 4. The third-order valence-electron chi connectivity index (χ3n) is 14.9. The Morgan fingerprint density at radius 3 is 0.900 bits per heavy atom. The minimum absolute atomic E-state index is 0.00157. The molecule has 0 rings (SSSR count). The summed E-state index contributed by atoms with van der Waals surface area (Å²) in [7, 11) is -10.00. The number of carbonyl (C=O) groups is 4. The quantitative estimate of drug-likeness (QED) is 0.0169. The van der Waals surface area contributed by atoms with E-state index in [4.69, 9.17) is 37.0 Å². The van der Waals surface area contributed by atoms with Gasteiger partial charge in [-0.1, -0.05) is 250 Å². The molecule has 5 unspecified atom stereocenters. The lowest BCUT2D eigenvalue weighted by atomic mass is 10.1. The van der Waals surface area contributed by atoms with Crippen molar-refractivity contribution in [2.75, 3.05) is 39.6 Å².